The summed E-state index contributed by atoms with van der Waals surface area (Å²) in [5.74, 6) is 1.14. The first-order chi connectivity index (χ1) is 18.7. The maximum Gasteiger partial charge on any atom is 0.267 e. The SMILES string of the molecule is CCC(C)(C)[C@@H]1CCc2c(sc3nc(SCC(=O)Nc4ccc(C)cc4)n(-c4ccccc4OC)c(=O)c23)C1. The number of carbonyl (C=O) groups is 1. The highest BCUT2D eigenvalue weighted by atomic mass is 32.2. The van der Waals surface area contributed by atoms with Crippen LogP contribution in [0.2, 0.25) is 0 Å². The molecule has 2 aromatic carbocycles. The molecule has 1 aliphatic carbocycles. The number of benzene rings is 2. The summed E-state index contributed by atoms with van der Waals surface area (Å²) in [6.45, 7) is 8.96. The number of nitrogens with one attached hydrogen (secondary N) is 1. The summed E-state index contributed by atoms with van der Waals surface area (Å²) in [6.07, 6.45) is 4.07. The van der Waals surface area contributed by atoms with E-state index >= 15 is 0 Å². The molecule has 5 rings (SSSR count). The highest BCUT2D eigenvalue weighted by Gasteiger charge is 2.34. The van der Waals surface area contributed by atoms with Gasteiger partial charge in [-0.05, 0) is 67.3 Å². The van der Waals surface area contributed by atoms with Crippen molar-refractivity contribution in [1.29, 1.82) is 0 Å². The fraction of sp³-hybridized carbons (Fsp3) is 0.387. The molecule has 2 aromatic heterocycles. The zero-order valence-corrected chi connectivity index (χ0v) is 24.8. The minimum Gasteiger partial charge on any atom is -0.495 e. The predicted octanol–water partition coefficient (Wildman–Crippen LogP) is 7.04. The van der Waals surface area contributed by atoms with Crippen molar-refractivity contribution in [3.8, 4) is 11.4 Å². The Balaban J connectivity index is 1.55. The number of aryl methyl sites for hydroxylation is 2. The molecule has 0 saturated carbocycles. The Hall–Kier alpha value is -3.10. The molecule has 1 aliphatic rings. The Kier molecular flexibility index (Phi) is 7.87. The van der Waals surface area contributed by atoms with Crippen LogP contribution >= 0.6 is 23.1 Å². The lowest BCUT2D eigenvalue weighted by Crippen LogP contribution is -2.29. The van der Waals surface area contributed by atoms with E-state index in [1.807, 2.05) is 55.5 Å². The van der Waals surface area contributed by atoms with E-state index in [1.54, 1.807) is 23.0 Å². The minimum absolute atomic E-state index is 0.100. The molecule has 0 radical (unpaired) electrons. The second-order valence-electron chi connectivity index (χ2n) is 10.9. The van der Waals surface area contributed by atoms with E-state index < -0.39 is 0 Å². The molecular weight excluding hydrogens is 526 g/mol. The third-order valence-electron chi connectivity index (χ3n) is 8.06. The Morgan fingerprint density at radius 1 is 1.21 bits per heavy atom. The summed E-state index contributed by atoms with van der Waals surface area (Å²) in [4.78, 5) is 34.1. The van der Waals surface area contributed by atoms with Crippen LogP contribution in [0.4, 0.5) is 5.69 Å². The zero-order valence-electron chi connectivity index (χ0n) is 23.2. The molecule has 204 valence electrons. The largest absolute Gasteiger partial charge is 0.495 e. The summed E-state index contributed by atoms with van der Waals surface area (Å²) in [5.41, 5.74) is 3.80. The van der Waals surface area contributed by atoms with Crippen LogP contribution in [0.1, 0.15) is 49.6 Å². The number of amides is 1. The Bertz CT molecular complexity index is 1570. The number of nitrogens with zero attached hydrogens (tertiary/aromatic N) is 2. The van der Waals surface area contributed by atoms with Crippen molar-refractivity contribution in [2.45, 2.75) is 58.5 Å². The summed E-state index contributed by atoms with van der Waals surface area (Å²) >= 11 is 2.91. The van der Waals surface area contributed by atoms with Crippen molar-refractivity contribution in [3.63, 3.8) is 0 Å². The lowest BCUT2D eigenvalue weighted by Gasteiger charge is -2.36. The van der Waals surface area contributed by atoms with Crippen molar-refractivity contribution in [3.05, 3.63) is 74.9 Å². The van der Waals surface area contributed by atoms with Crippen LogP contribution in [0.3, 0.4) is 0 Å². The first kappa shape index (κ1) is 27.5. The van der Waals surface area contributed by atoms with Gasteiger partial charge in [-0.15, -0.1) is 11.3 Å². The van der Waals surface area contributed by atoms with Crippen LogP contribution in [0.5, 0.6) is 5.75 Å². The van der Waals surface area contributed by atoms with E-state index in [0.717, 1.165) is 47.3 Å². The topological polar surface area (TPSA) is 73.2 Å². The van der Waals surface area contributed by atoms with Gasteiger partial charge in [-0.2, -0.15) is 0 Å². The summed E-state index contributed by atoms with van der Waals surface area (Å²) in [5, 5.41) is 4.14. The summed E-state index contributed by atoms with van der Waals surface area (Å²) in [6, 6.07) is 15.2. The number of hydrogen-bond donors (Lipinski definition) is 1. The zero-order chi connectivity index (χ0) is 27.7. The standard InChI is InChI=1S/C31H35N3O3S2/c1-6-31(3,4)20-13-16-22-25(17-20)39-28-27(22)29(36)34(23-9-7-8-10-24(23)37-5)30(33-28)38-18-26(35)32-21-14-11-19(2)12-15-21/h7-12,14-15,20H,6,13,16-18H2,1-5H3,(H,32,35)/t20-/m1/s1. The van der Waals surface area contributed by atoms with Gasteiger partial charge in [0.05, 0.1) is 23.9 Å². The molecule has 1 atom stereocenters. The average molecular weight is 562 g/mol. The number of carbonyl (C=O) groups excluding carboxylic acids is 1. The van der Waals surface area contributed by atoms with E-state index in [0.29, 0.717) is 27.9 Å². The van der Waals surface area contributed by atoms with Gasteiger partial charge in [0.25, 0.3) is 5.56 Å². The number of fused-ring (bicyclic) bond motifs is 3. The summed E-state index contributed by atoms with van der Waals surface area (Å²) < 4.78 is 7.25. The monoisotopic (exact) mass is 561 g/mol. The predicted molar refractivity (Wildman–Crippen MR) is 162 cm³/mol. The van der Waals surface area contributed by atoms with Gasteiger partial charge in [-0.1, -0.05) is 68.8 Å². The quantitative estimate of drug-likeness (QED) is 0.185. The van der Waals surface area contributed by atoms with Crippen molar-refractivity contribution < 1.29 is 9.53 Å². The van der Waals surface area contributed by atoms with Crippen molar-refractivity contribution >= 4 is 44.9 Å². The van der Waals surface area contributed by atoms with Crippen LogP contribution in [0.25, 0.3) is 15.9 Å². The molecule has 1 amide bonds. The van der Waals surface area contributed by atoms with E-state index in [9.17, 15) is 9.59 Å². The first-order valence-corrected chi connectivity index (χ1v) is 15.2. The Labute approximate surface area is 237 Å². The smallest absolute Gasteiger partial charge is 0.267 e. The lowest BCUT2D eigenvalue weighted by atomic mass is 9.70. The highest BCUT2D eigenvalue weighted by molar-refractivity contribution is 7.99. The molecular formula is C31H35N3O3S2. The fourth-order valence-electron chi connectivity index (χ4n) is 5.25. The van der Waals surface area contributed by atoms with Crippen molar-refractivity contribution in [2.75, 3.05) is 18.2 Å². The summed E-state index contributed by atoms with van der Waals surface area (Å²) in [7, 11) is 1.60. The van der Waals surface area contributed by atoms with Gasteiger partial charge < -0.3 is 10.1 Å². The minimum atomic E-state index is -0.153. The second kappa shape index (κ2) is 11.2. The second-order valence-corrected chi connectivity index (χ2v) is 12.9. The number of ether oxygens (including phenoxy) is 1. The number of anilines is 1. The van der Waals surface area contributed by atoms with Gasteiger partial charge in [-0.25, -0.2) is 4.98 Å². The van der Waals surface area contributed by atoms with Crippen LogP contribution in [0, 0.1) is 18.3 Å². The third kappa shape index (κ3) is 5.50. The molecule has 0 unspecified atom stereocenters. The van der Waals surface area contributed by atoms with E-state index in [2.05, 4.69) is 26.1 Å². The molecule has 0 aliphatic heterocycles. The maximum absolute atomic E-state index is 14.2. The normalized spacial score (nSPS) is 15.3. The first-order valence-electron chi connectivity index (χ1n) is 13.4. The lowest BCUT2D eigenvalue weighted by molar-refractivity contribution is -0.113. The van der Waals surface area contributed by atoms with Gasteiger partial charge in [0.15, 0.2) is 5.16 Å². The van der Waals surface area contributed by atoms with Gasteiger partial charge >= 0.3 is 0 Å². The van der Waals surface area contributed by atoms with Crippen molar-refractivity contribution in [2.24, 2.45) is 11.3 Å². The number of methoxy groups -OCH3 is 1. The van der Waals surface area contributed by atoms with Gasteiger partial charge in [0.1, 0.15) is 10.6 Å². The molecule has 2 heterocycles. The van der Waals surface area contributed by atoms with Gasteiger partial charge in [-0.3, -0.25) is 14.2 Å². The molecule has 1 N–H and O–H groups in total. The third-order valence-corrected chi connectivity index (χ3v) is 10.1. The highest BCUT2D eigenvalue weighted by Crippen LogP contribution is 2.44. The number of para-hydroxylation sites is 2. The molecule has 39 heavy (non-hydrogen) atoms. The molecule has 0 bridgehead atoms. The van der Waals surface area contributed by atoms with E-state index in [-0.39, 0.29) is 22.6 Å². The molecule has 6 nitrogen and oxygen atoms in total. The van der Waals surface area contributed by atoms with E-state index in [4.69, 9.17) is 9.72 Å². The Morgan fingerprint density at radius 3 is 2.67 bits per heavy atom. The van der Waals surface area contributed by atoms with Crippen molar-refractivity contribution in [1.82, 2.24) is 9.55 Å². The van der Waals surface area contributed by atoms with Crippen LogP contribution in [-0.2, 0) is 17.6 Å². The van der Waals surface area contributed by atoms with Gasteiger partial charge in [0.2, 0.25) is 5.91 Å². The average Bonchev–Trinajstić information content (AvgIpc) is 3.31. The molecule has 8 heteroatoms. The molecule has 0 spiro atoms. The Morgan fingerprint density at radius 2 is 1.95 bits per heavy atom. The van der Waals surface area contributed by atoms with E-state index in [1.165, 1.54) is 16.6 Å². The maximum atomic E-state index is 14.2. The van der Waals surface area contributed by atoms with Crippen LogP contribution in [-0.4, -0.2) is 28.3 Å². The number of thioether (sulfide) groups is 1. The number of rotatable bonds is 8. The fourth-order valence-corrected chi connectivity index (χ4v) is 7.40. The van der Waals surface area contributed by atoms with Gasteiger partial charge in [0, 0.05) is 10.6 Å². The number of aromatic nitrogens is 2. The molecule has 4 aromatic rings. The van der Waals surface area contributed by atoms with Crippen LogP contribution in [0.15, 0.2) is 58.5 Å². The number of hydrogen-bond acceptors (Lipinski definition) is 6. The number of thiophene rings is 1. The molecule has 0 saturated heterocycles. The van der Waals surface area contributed by atoms with Crippen LogP contribution < -0.4 is 15.6 Å². The molecule has 0 fully saturated rings.